The highest BCUT2D eigenvalue weighted by molar-refractivity contribution is 5.88. The average molecular weight is 416 g/mol. The van der Waals surface area contributed by atoms with E-state index in [1.165, 1.54) is 24.2 Å². The van der Waals surface area contributed by atoms with Crippen LogP contribution in [-0.2, 0) is 4.74 Å². The zero-order chi connectivity index (χ0) is 21.3. The van der Waals surface area contributed by atoms with Gasteiger partial charge in [-0.2, -0.15) is 14.5 Å². The Morgan fingerprint density at radius 2 is 2.00 bits per heavy atom. The summed E-state index contributed by atoms with van der Waals surface area (Å²) in [7, 11) is 1.47. The van der Waals surface area contributed by atoms with Gasteiger partial charge in [-0.05, 0) is 38.5 Å². The molecule has 0 amide bonds. The molecule has 3 heterocycles. The maximum atomic E-state index is 14.8. The molecule has 0 aromatic carbocycles. The summed E-state index contributed by atoms with van der Waals surface area (Å²) in [4.78, 5) is 20.6. The fourth-order valence-electron chi connectivity index (χ4n) is 4.02. The summed E-state index contributed by atoms with van der Waals surface area (Å²) in [6.07, 6.45) is 8.00. The molecule has 0 atom stereocenters. The molecule has 1 aliphatic carbocycles. The molecule has 9 nitrogen and oxygen atoms in total. The third kappa shape index (κ3) is 3.61. The zero-order valence-corrected chi connectivity index (χ0v) is 17.3. The summed E-state index contributed by atoms with van der Waals surface area (Å²) in [5.41, 5.74) is 0.766. The first-order chi connectivity index (χ1) is 14.5. The van der Waals surface area contributed by atoms with Gasteiger partial charge in [-0.3, -0.25) is 4.68 Å². The van der Waals surface area contributed by atoms with Crippen LogP contribution < -0.4 is 4.74 Å². The van der Waals surface area contributed by atoms with E-state index in [0.29, 0.717) is 11.4 Å². The second-order valence-corrected chi connectivity index (χ2v) is 7.44. The van der Waals surface area contributed by atoms with E-state index in [2.05, 4.69) is 27.1 Å². The molecule has 0 spiro atoms. The van der Waals surface area contributed by atoms with E-state index in [9.17, 15) is 9.18 Å². The Morgan fingerprint density at radius 3 is 2.67 bits per heavy atom. The predicted molar refractivity (Wildman–Crippen MR) is 106 cm³/mol. The lowest BCUT2D eigenvalue weighted by Gasteiger charge is -2.28. The van der Waals surface area contributed by atoms with Crippen LogP contribution in [-0.4, -0.2) is 49.2 Å². The Bertz CT molecular complexity index is 1050. The summed E-state index contributed by atoms with van der Waals surface area (Å²) >= 11 is 0. The van der Waals surface area contributed by atoms with E-state index >= 15 is 0 Å². The Morgan fingerprint density at radius 1 is 1.23 bits per heavy atom. The van der Waals surface area contributed by atoms with E-state index in [-0.39, 0.29) is 35.6 Å². The molecule has 3 aromatic rings. The van der Waals surface area contributed by atoms with Crippen LogP contribution in [0.4, 0.5) is 4.39 Å². The molecule has 30 heavy (non-hydrogen) atoms. The Labute approximate surface area is 173 Å². The van der Waals surface area contributed by atoms with Gasteiger partial charge in [-0.25, -0.2) is 14.5 Å². The molecule has 3 aromatic heterocycles. The van der Waals surface area contributed by atoms with Crippen molar-refractivity contribution in [1.29, 1.82) is 0 Å². The second kappa shape index (κ2) is 8.37. The van der Waals surface area contributed by atoms with E-state index in [1.807, 2.05) is 0 Å². The SMILES string of the molecule is CCOC(=O)c1cnn(-c2nc(OC)c3c(n2)c(F)nn3C2CCC(CC)CC2)c1. The van der Waals surface area contributed by atoms with E-state index in [4.69, 9.17) is 9.47 Å². The minimum absolute atomic E-state index is 0.0719. The zero-order valence-electron chi connectivity index (χ0n) is 17.3. The van der Waals surface area contributed by atoms with E-state index < -0.39 is 11.9 Å². The quantitative estimate of drug-likeness (QED) is 0.568. The minimum atomic E-state index is -0.678. The minimum Gasteiger partial charge on any atom is -0.479 e. The van der Waals surface area contributed by atoms with Crippen LogP contribution in [0.2, 0.25) is 0 Å². The number of aromatic nitrogens is 6. The first-order valence-corrected chi connectivity index (χ1v) is 10.3. The number of hydrogen-bond donors (Lipinski definition) is 0. The van der Waals surface area contributed by atoms with Crippen molar-refractivity contribution in [1.82, 2.24) is 29.5 Å². The van der Waals surface area contributed by atoms with Crippen molar-refractivity contribution < 1.29 is 18.7 Å². The smallest absolute Gasteiger partial charge is 0.341 e. The largest absolute Gasteiger partial charge is 0.479 e. The van der Waals surface area contributed by atoms with Gasteiger partial charge in [-0.15, -0.1) is 5.10 Å². The van der Waals surface area contributed by atoms with Crippen LogP contribution in [0.5, 0.6) is 5.88 Å². The summed E-state index contributed by atoms with van der Waals surface area (Å²) in [6, 6.07) is 0.0864. The fraction of sp³-hybridized carbons (Fsp3) is 0.550. The molecule has 0 unspecified atom stereocenters. The topological polar surface area (TPSA) is 96.9 Å². The predicted octanol–water partition coefficient (Wildman–Crippen LogP) is 3.48. The van der Waals surface area contributed by atoms with Crippen LogP contribution in [0, 0.1) is 11.9 Å². The highest BCUT2D eigenvalue weighted by Gasteiger charge is 2.28. The highest BCUT2D eigenvalue weighted by atomic mass is 19.1. The van der Waals surface area contributed by atoms with Crippen LogP contribution in [0.15, 0.2) is 12.4 Å². The first kappa shape index (κ1) is 20.2. The van der Waals surface area contributed by atoms with Crippen molar-refractivity contribution in [2.75, 3.05) is 13.7 Å². The molecular weight excluding hydrogens is 391 g/mol. The first-order valence-electron chi connectivity index (χ1n) is 10.3. The van der Waals surface area contributed by atoms with Gasteiger partial charge < -0.3 is 9.47 Å². The molecule has 10 heteroatoms. The van der Waals surface area contributed by atoms with Crippen molar-refractivity contribution in [3.63, 3.8) is 0 Å². The normalized spacial score (nSPS) is 19.2. The number of carbonyl (C=O) groups is 1. The van der Waals surface area contributed by atoms with Gasteiger partial charge in [0.1, 0.15) is 0 Å². The number of ether oxygens (including phenoxy) is 2. The Balaban J connectivity index is 1.72. The summed E-state index contributed by atoms with van der Waals surface area (Å²) < 4.78 is 28.2. The summed E-state index contributed by atoms with van der Waals surface area (Å²) in [5, 5.41) is 8.23. The van der Waals surface area contributed by atoms with Crippen LogP contribution >= 0.6 is 0 Å². The molecular formula is C20H25FN6O3. The number of rotatable bonds is 6. The van der Waals surface area contributed by atoms with Gasteiger partial charge in [0, 0.05) is 6.20 Å². The summed E-state index contributed by atoms with van der Waals surface area (Å²) in [5.74, 6) is -0.160. The standard InChI is InChI=1S/C20H25FN6O3/c1-4-12-6-8-14(9-7-12)27-16-15(17(21)25-27)23-20(24-18(16)29-3)26-11-13(10-22-26)19(28)30-5-2/h10-12,14H,4-9H2,1-3H3. The molecule has 0 radical (unpaired) electrons. The molecule has 1 saturated carbocycles. The van der Waals surface area contributed by atoms with Crippen molar-refractivity contribution in [2.45, 2.75) is 52.0 Å². The van der Waals surface area contributed by atoms with Gasteiger partial charge >= 0.3 is 5.97 Å². The monoisotopic (exact) mass is 416 g/mol. The van der Waals surface area contributed by atoms with Gasteiger partial charge in [0.15, 0.2) is 11.0 Å². The number of fused-ring (bicyclic) bond motifs is 1. The lowest BCUT2D eigenvalue weighted by Crippen LogP contribution is -2.19. The van der Waals surface area contributed by atoms with Gasteiger partial charge in [0.05, 0.1) is 31.5 Å². The van der Waals surface area contributed by atoms with Crippen molar-refractivity contribution >= 4 is 17.0 Å². The number of hydrogen-bond acceptors (Lipinski definition) is 7. The lowest BCUT2D eigenvalue weighted by molar-refractivity contribution is 0.0526. The number of nitrogens with zero attached hydrogens (tertiary/aromatic N) is 6. The molecule has 1 aliphatic rings. The van der Waals surface area contributed by atoms with Crippen molar-refractivity contribution in [2.24, 2.45) is 5.92 Å². The van der Waals surface area contributed by atoms with E-state index in [0.717, 1.165) is 32.1 Å². The Hall–Kier alpha value is -3.04. The molecule has 1 fully saturated rings. The number of methoxy groups -OCH3 is 1. The van der Waals surface area contributed by atoms with Crippen LogP contribution in [0.1, 0.15) is 62.4 Å². The highest BCUT2D eigenvalue weighted by Crippen LogP contribution is 2.37. The van der Waals surface area contributed by atoms with Crippen LogP contribution in [0.3, 0.4) is 0 Å². The van der Waals surface area contributed by atoms with Crippen molar-refractivity contribution in [3.8, 4) is 11.8 Å². The number of carbonyl (C=O) groups excluding carboxylic acids is 1. The fourth-order valence-corrected chi connectivity index (χ4v) is 4.02. The van der Waals surface area contributed by atoms with Gasteiger partial charge in [0.25, 0.3) is 11.9 Å². The van der Waals surface area contributed by atoms with Gasteiger partial charge in [-0.1, -0.05) is 13.3 Å². The third-order valence-corrected chi connectivity index (χ3v) is 5.69. The van der Waals surface area contributed by atoms with Gasteiger partial charge in [0.2, 0.25) is 5.88 Å². The molecule has 160 valence electrons. The van der Waals surface area contributed by atoms with E-state index in [1.54, 1.807) is 11.6 Å². The Kier molecular flexibility index (Phi) is 5.65. The summed E-state index contributed by atoms with van der Waals surface area (Å²) in [6.45, 7) is 4.18. The lowest BCUT2D eigenvalue weighted by atomic mass is 9.84. The molecule has 0 aliphatic heterocycles. The van der Waals surface area contributed by atoms with Crippen LogP contribution in [0.25, 0.3) is 17.0 Å². The number of esters is 1. The molecule has 0 N–H and O–H groups in total. The molecule has 4 rings (SSSR count). The third-order valence-electron chi connectivity index (χ3n) is 5.69. The average Bonchev–Trinajstić information content (AvgIpc) is 3.39. The second-order valence-electron chi connectivity index (χ2n) is 7.44. The maximum Gasteiger partial charge on any atom is 0.341 e. The molecule has 0 saturated heterocycles. The molecule has 0 bridgehead atoms. The maximum absolute atomic E-state index is 14.8. The van der Waals surface area contributed by atoms with Crippen molar-refractivity contribution in [3.05, 3.63) is 23.9 Å². The number of halogens is 1.